The van der Waals surface area contributed by atoms with E-state index in [9.17, 15) is 18.0 Å². The predicted molar refractivity (Wildman–Crippen MR) is 83.8 cm³/mol. The molecule has 0 atom stereocenters. The molecule has 0 bridgehead atoms. The van der Waals surface area contributed by atoms with Gasteiger partial charge >= 0.3 is 6.18 Å². The number of thioether (sulfide) groups is 1. The molecule has 1 aromatic carbocycles. The average Bonchev–Trinajstić information content (AvgIpc) is 2.98. The number of halogens is 3. The molecule has 2 rings (SSSR count). The second-order valence-electron chi connectivity index (χ2n) is 4.55. The Labute approximate surface area is 134 Å². The largest absolute Gasteiger partial charge is 0.416 e. The molecule has 0 aliphatic rings. The number of carbonyl (C=O) groups excluding carboxylic acids is 1. The van der Waals surface area contributed by atoms with E-state index >= 15 is 0 Å². The number of alkyl halides is 3. The zero-order valence-electron chi connectivity index (χ0n) is 11.5. The molecule has 1 heterocycles. The Morgan fingerprint density at radius 1 is 1.23 bits per heavy atom. The van der Waals surface area contributed by atoms with Crippen molar-refractivity contribution in [3.05, 3.63) is 57.8 Å². The molecule has 22 heavy (non-hydrogen) atoms. The maximum absolute atomic E-state index is 12.6. The van der Waals surface area contributed by atoms with E-state index in [1.54, 1.807) is 17.4 Å². The van der Waals surface area contributed by atoms with Crippen molar-refractivity contribution in [2.45, 2.75) is 18.5 Å². The normalized spacial score (nSPS) is 11.4. The maximum Gasteiger partial charge on any atom is 0.416 e. The Kier molecular flexibility index (Phi) is 5.90. The summed E-state index contributed by atoms with van der Waals surface area (Å²) >= 11 is 2.86. The third-order valence-corrected chi connectivity index (χ3v) is 4.68. The molecule has 1 N–H and O–H groups in total. The molecular formula is C15H14F3NOS2. The molecule has 0 radical (unpaired) electrons. The number of benzene rings is 1. The van der Waals surface area contributed by atoms with Crippen molar-refractivity contribution in [2.24, 2.45) is 0 Å². The van der Waals surface area contributed by atoms with Gasteiger partial charge in [0.05, 0.1) is 17.9 Å². The summed E-state index contributed by atoms with van der Waals surface area (Å²) in [4.78, 5) is 12.7. The minimum Gasteiger partial charge on any atom is -0.350 e. The molecule has 2 aromatic rings. The van der Waals surface area contributed by atoms with E-state index in [-0.39, 0.29) is 11.7 Å². The second kappa shape index (κ2) is 7.69. The van der Waals surface area contributed by atoms with Gasteiger partial charge in [0.25, 0.3) is 0 Å². The Bertz CT molecular complexity index is 612. The van der Waals surface area contributed by atoms with Gasteiger partial charge in [-0.2, -0.15) is 13.2 Å². The number of hydrogen-bond acceptors (Lipinski definition) is 3. The van der Waals surface area contributed by atoms with Crippen LogP contribution in [0.4, 0.5) is 13.2 Å². The van der Waals surface area contributed by atoms with Gasteiger partial charge < -0.3 is 5.32 Å². The van der Waals surface area contributed by atoms with Gasteiger partial charge in [0.2, 0.25) is 5.91 Å². The van der Waals surface area contributed by atoms with Crippen LogP contribution in [0.3, 0.4) is 0 Å². The van der Waals surface area contributed by atoms with Crippen molar-refractivity contribution in [3.63, 3.8) is 0 Å². The summed E-state index contributed by atoms with van der Waals surface area (Å²) < 4.78 is 37.7. The summed E-state index contributed by atoms with van der Waals surface area (Å²) in [5.74, 6) is 0.475. The summed E-state index contributed by atoms with van der Waals surface area (Å²) in [5, 5.41) is 4.71. The van der Waals surface area contributed by atoms with Gasteiger partial charge in [-0.3, -0.25) is 4.79 Å². The molecule has 0 spiro atoms. The Balaban J connectivity index is 1.75. The fraction of sp³-hybridized carbons (Fsp3) is 0.267. The van der Waals surface area contributed by atoms with Crippen LogP contribution in [-0.2, 0) is 23.3 Å². The van der Waals surface area contributed by atoms with Gasteiger partial charge in [0, 0.05) is 10.6 Å². The van der Waals surface area contributed by atoms with Crippen LogP contribution in [0.1, 0.15) is 16.0 Å². The van der Waals surface area contributed by atoms with E-state index in [4.69, 9.17) is 0 Å². The Hall–Kier alpha value is -1.47. The smallest absolute Gasteiger partial charge is 0.350 e. The van der Waals surface area contributed by atoms with E-state index in [1.165, 1.54) is 17.8 Å². The molecule has 118 valence electrons. The van der Waals surface area contributed by atoms with Crippen molar-refractivity contribution in [3.8, 4) is 0 Å². The van der Waals surface area contributed by atoms with Crippen LogP contribution in [-0.4, -0.2) is 11.7 Å². The third kappa shape index (κ3) is 5.38. The van der Waals surface area contributed by atoms with Gasteiger partial charge in [0.15, 0.2) is 0 Å². The van der Waals surface area contributed by atoms with E-state index in [0.29, 0.717) is 17.9 Å². The van der Waals surface area contributed by atoms with Crippen LogP contribution in [0, 0.1) is 0 Å². The Morgan fingerprint density at radius 2 is 2.05 bits per heavy atom. The number of carbonyl (C=O) groups is 1. The zero-order valence-corrected chi connectivity index (χ0v) is 13.2. The van der Waals surface area contributed by atoms with Crippen LogP contribution in [0.2, 0.25) is 0 Å². The molecule has 0 fully saturated rings. The molecule has 0 saturated heterocycles. The van der Waals surface area contributed by atoms with Gasteiger partial charge in [-0.05, 0) is 23.1 Å². The van der Waals surface area contributed by atoms with E-state index < -0.39 is 11.7 Å². The number of hydrogen-bond donors (Lipinski definition) is 1. The molecule has 1 aromatic heterocycles. The lowest BCUT2D eigenvalue weighted by Crippen LogP contribution is -2.24. The molecule has 7 heteroatoms. The molecule has 0 unspecified atom stereocenters. The van der Waals surface area contributed by atoms with Crippen molar-refractivity contribution >= 4 is 29.0 Å². The van der Waals surface area contributed by atoms with E-state index in [1.807, 2.05) is 17.5 Å². The van der Waals surface area contributed by atoms with E-state index in [0.717, 1.165) is 17.0 Å². The summed E-state index contributed by atoms with van der Waals surface area (Å²) in [6.45, 7) is 0.487. The summed E-state index contributed by atoms with van der Waals surface area (Å²) in [7, 11) is 0. The Morgan fingerprint density at radius 3 is 2.73 bits per heavy atom. The SMILES string of the molecule is O=C(CSCc1cccc(C(F)(F)F)c1)NCc1cccs1. The van der Waals surface area contributed by atoms with Crippen molar-refractivity contribution in [1.82, 2.24) is 5.32 Å². The lowest BCUT2D eigenvalue weighted by molar-refractivity contribution is -0.137. The summed E-state index contributed by atoms with van der Waals surface area (Å²) in [6.07, 6.45) is -4.33. The van der Waals surface area contributed by atoms with Gasteiger partial charge in [-0.1, -0.05) is 24.3 Å². The van der Waals surface area contributed by atoms with Crippen LogP contribution < -0.4 is 5.32 Å². The first-order valence-electron chi connectivity index (χ1n) is 6.48. The molecular weight excluding hydrogens is 331 g/mol. The highest BCUT2D eigenvalue weighted by atomic mass is 32.2. The van der Waals surface area contributed by atoms with Gasteiger partial charge in [-0.15, -0.1) is 23.1 Å². The lowest BCUT2D eigenvalue weighted by atomic mass is 10.1. The molecule has 0 aliphatic carbocycles. The number of nitrogens with one attached hydrogen (secondary N) is 1. The minimum absolute atomic E-state index is 0.120. The van der Waals surface area contributed by atoms with Crippen molar-refractivity contribution < 1.29 is 18.0 Å². The number of rotatable bonds is 6. The van der Waals surface area contributed by atoms with Crippen LogP contribution in [0.5, 0.6) is 0 Å². The highest BCUT2D eigenvalue weighted by Crippen LogP contribution is 2.30. The first kappa shape index (κ1) is 16.9. The maximum atomic E-state index is 12.6. The van der Waals surface area contributed by atoms with Crippen LogP contribution in [0.25, 0.3) is 0 Å². The standard InChI is InChI=1S/C15H14F3NOS2/c16-15(17,18)12-4-1-3-11(7-12)9-21-10-14(20)19-8-13-5-2-6-22-13/h1-7H,8-10H2,(H,19,20). The molecule has 1 amide bonds. The fourth-order valence-electron chi connectivity index (χ4n) is 1.75. The average molecular weight is 345 g/mol. The highest BCUT2D eigenvalue weighted by molar-refractivity contribution is 7.99. The topological polar surface area (TPSA) is 29.1 Å². The number of amides is 1. The third-order valence-electron chi connectivity index (χ3n) is 2.80. The minimum atomic E-state index is -4.33. The first-order valence-corrected chi connectivity index (χ1v) is 8.51. The zero-order chi connectivity index (χ0) is 16.0. The summed E-state index contributed by atoms with van der Waals surface area (Å²) in [6, 6.07) is 9.02. The molecule has 0 saturated carbocycles. The van der Waals surface area contributed by atoms with Crippen molar-refractivity contribution in [2.75, 3.05) is 5.75 Å². The predicted octanol–water partition coefficient (Wildman–Crippen LogP) is 4.32. The second-order valence-corrected chi connectivity index (χ2v) is 6.56. The highest BCUT2D eigenvalue weighted by Gasteiger charge is 2.30. The van der Waals surface area contributed by atoms with Crippen LogP contribution in [0.15, 0.2) is 41.8 Å². The monoisotopic (exact) mass is 345 g/mol. The van der Waals surface area contributed by atoms with Gasteiger partial charge in [0.1, 0.15) is 0 Å². The lowest BCUT2D eigenvalue weighted by Gasteiger charge is -2.08. The quantitative estimate of drug-likeness (QED) is 0.845. The first-order chi connectivity index (χ1) is 10.4. The molecule has 0 aliphatic heterocycles. The van der Waals surface area contributed by atoms with E-state index in [2.05, 4.69) is 5.32 Å². The number of thiophene rings is 1. The summed E-state index contributed by atoms with van der Waals surface area (Å²) in [5.41, 5.74) is -0.0985. The van der Waals surface area contributed by atoms with Gasteiger partial charge in [-0.25, -0.2) is 0 Å². The van der Waals surface area contributed by atoms with Crippen LogP contribution >= 0.6 is 23.1 Å². The van der Waals surface area contributed by atoms with Crippen molar-refractivity contribution in [1.29, 1.82) is 0 Å². The fourth-order valence-corrected chi connectivity index (χ4v) is 3.20. The molecule has 2 nitrogen and oxygen atoms in total.